The van der Waals surface area contributed by atoms with Crippen LogP contribution in [0.1, 0.15) is 47.9 Å². The van der Waals surface area contributed by atoms with E-state index in [1.54, 1.807) is 6.20 Å². The van der Waals surface area contributed by atoms with Crippen LogP contribution in [0.5, 0.6) is 0 Å². The fourth-order valence-corrected chi connectivity index (χ4v) is 4.02. The molecule has 152 valence electrons. The van der Waals surface area contributed by atoms with Gasteiger partial charge in [-0.1, -0.05) is 6.07 Å². The Hall–Kier alpha value is -1.96. The van der Waals surface area contributed by atoms with Gasteiger partial charge in [0.05, 0.1) is 6.04 Å². The number of pyridine rings is 1. The van der Waals surface area contributed by atoms with E-state index in [-0.39, 0.29) is 18.3 Å². The highest BCUT2D eigenvalue weighted by molar-refractivity contribution is 5.92. The largest absolute Gasteiger partial charge is 0.335 e. The number of carbonyl (C=O) groups is 1. The lowest BCUT2D eigenvalue weighted by Gasteiger charge is -2.37. The molecule has 2 atom stereocenters. The highest BCUT2D eigenvalue weighted by Crippen LogP contribution is 2.21. The Bertz CT molecular complexity index is 753. The van der Waals surface area contributed by atoms with Crippen molar-refractivity contribution in [1.29, 1.82) is 0 Å². The first-order valence-electron chi connectivity index (χ1n) is 9.91. The summed E-state index contributed by atoms with van der Waals surface area (Å²) in [5.74, 6) is 0.0474. The molecule has 0 aromatic carbocycles. The van der Waals surface area contributed by atoms with Crippen molar-refractivity contribution < 1.29 is 4.79 Å². The van der Waals surface area contributed by atoms with Crippen molar-refractivity contribution in [3.63, 3.8) is 0 Å². The molecule has 2 aliphatic rings. The number of nitrogens with zero attached hydrogens (tertiary/aromatic N) is 5. The SMILES string of the molecule is CC(c1cccnc1)N1CCN(C(=O)c2ccn(C3CCCNC3)n2)CC1.Cl. The smallest absolute Gasteiger partial charge is 0.274 e. The second kappa shape index (κ2) is 9.49. The zero-order chi connectivity index (χ0) is 18.6. The van der Waals surface area contributed by atoms with Crippen LogP contribution in [0, 0.1) is 0 Å². The molecule has 2 aliphatic heterocycles. The lowest BCUT2D eigenvalue weighted by molar-refractivity contribution is 0.0575. The minimum atomic E-state index is 0. The average molecular weight is 405 g/mol. The number of piperazine rings is 1. The van der Waals surface area contributed by atoms with E-state index in [4.69, 9.17) is 0 Å². The van der Waals surface area contributed by atoms with Crippen LogP contribution in [0.25, 0.3) is 0 Å². The summed E-state index contributed by atoms with van der Waals surface area (Å²) in [5, 5.41) is 7.97. The first-order valence-corrected chi connectivity index (χ1v) is 9.91. The number of hydrogen-bond acceptors (Lipinski definition) is 5. The second-order valence-corrected chi connectivity index (χ2v) is 7.47. The molecule has 2 aromatic rings. The number of hydrogen-bond donors (Lipinski definition) is 1. The van der Waals surface area contributed by atoms with Crippen LogP contribution < -0.4 is 5.32 Å². The van der Waals surface area contributed by atoms with E-state index in [2.05, 4.69) is 33.3 Å². The van der Waals surface area contributed by atoms with E-state index in [0.29, 0.717) is 17.8 Å². The van der Waals surface area contributed by atoms with Crippen molar-refractivity contribution in [2.24, 2.45) is 0 Å². The van der Waals surface area contributed by atoms with Crippen LogP contribution in [0.4, 0.5) is 0 Å². The Morgan fingerprint density at radius 2 is 2.07 bits per heavy atom. The molecule has 7 nitrogen and oxygen atoms in total. The van der Waals surface area contributed by atoms with Crippen molar-refractivity contribution in [1.82, 2.24) is 29.9 Å². The number of amides is 1. The molecule has 2 aromatic heterocycles. The third-order valence-corrected chi connectivity index (χ3v) is 5.79. The van der Waals surface area contributed by atoms with E-state index in [1.807, 2.05) is 34.1 Å². The molecule has 0 saturated carbocycles. The molecule has 2 unspecified atom stereocenters. The number of piperidine rings is 1. The fraction of sp³-hybridized carbons (Fsp3) is 0.550. The molecule has 28 heavy (non-hydrogen) atoms. The number of nitrogens with one attached hydrogen (secondary N) is 1. The molecule has 4 heterocycles. The lowest BCUT2D eigenvalue weighted by Crippen LogP contribution is -2.49. The second-order valence-electron chi connectivity index (χ2n) is 7.47. The molecule has 0 spiro atoms. The molecule has 2 fully saturated rings. The number of carbonyl (C=O) groups excluding carboxylic acids is 1. The average Bonchev–Trinajstić information content (AvgIpc) is 3.24. The Balaban J connectivity index is 0.00000225. The van der Waals surface area contributed by atoms with Crippen molar-refractivity contribution in [2.75, 3.05) is 39.3 Å². The van der Waals surface area contributed by atoms with Crippen LogP contribution in [0.3, 0.4) is 0 Å². The van der Waals surface area contributed by atoms with Gasteiger partial charge in [0, 0.05) is 57.4 Å². The summed E-state index contributed by atoms with van der Waals surface area (Å²) in [5.41, 5.74) is 1.78. The monoisotopic (exact) mass is 404 g/mol. The van der Waals surface area contributed by atoms with Gasteiger partial charge in [0.1, 0.15) is 5.69 Å². The third kappa shape index (κ3) is 4.54. The Kier molecular flexibility index (Phi) is 7.04. The first kappa shape index (κ1) is 20.8. The Labute approximate surface area is 172 Å². The fourth-order valence-electron chi connectivity index (χ4n) is 4.02. The van der Waals surface area contributed by atoms with Gasteiger partial charge in [0.2, 0.25) is 0 Å². The topological polar surface area (TPSA) is 66.3 Å². The number of aromatic nitrogens is 3. The van der Waals surface area contributed by atoms with Gasteiger partial charge in [-0.2, -0.15) is 5.10 Å². The third-order valence-electron chi connectivity index (χ3n) is 5.79. The standard InChI is InChI=1S/C20H28N6O.ClH/c1-16(17-4-2-7-21-14-17)24-10-12-25(13-11-24)20(27)19-6-9-26(23-19)18-5-3-8-22-15-18;/h2,4,6-7,9,14,16,18,22H,3,5,8,10-13,15H2,1H3;1H. The maximum Gasteiger partial charge on any atom is 0.274 e. The molecule has 0 bridgehead atoms. The predicted molar refractivity (Wildman–Crippen MR) is 111 cm³/mol. The quantitative estimate of drug-likeness (QED) is 0.845. The summed E-state index contributed by atoms with van der Waals surface area (Å²) in [7, 11) is 0. The van der Waals surface area contributed by atoms with Gasteiger partial charge in [0.25, 0.3) is 5.91 Å². The van der Waals surface area contributed by atoms with Gasteiger partial charge in [-0.3, -0.25) is 19.4 Å². The van der Waals surface area contributed by atoms with Gasteiger partial charge in [0.15, 0.2) is 0 Å². The van der Waals surface area contributed by atoms with Crippen LogP contribution in [-0.4, -0.2) is 69.7 Å². The number of rotatable bonds is 4. The minimum absolute atomic E-state index is 0. The number of halogens is 1. The summed E-state index contributed by atoms with van der Waals surface area (Å²) in [4.78, 5) is 21.4. The maximum atomic E-state index is 12.8. The lowest BCUT2D eigenvalue weighted by atomic mass is 10.1. The Morgan fingerprint density at radius 3 is 2.75 bits per heavy atom. The van der Waals surface area contributed by atoms with E-state index in [0.717, 1.165) is 52.1 Å². The highest BCUT2D eigenvalue weighted by atomic mass is 35.5. The van der Waals surface area contributed by atoms with Crippen LogP contribution in [0.15, 0.2) is 36.8 Å². The van der Waals surface area contributed by atoms with Gasteiger partial charge >= 0.3 is 0 Å². The van der Waals surface area contributed by atoms with Crippen LogP contribution in [0.2, 0.25) is 0 Å². The highest BCUT2D eigenvalue weighted by Gasteiger charge is 2.27. The predicted octanol–water partition coefficient (Wildman–Crippen LogP) is 2.14. The van der Waals surface area contributed by atoms with E-state index < -0.39 is 0 Å². The van der Waals surface area contributed by atoms with Gasteiger partial charge in [-0.25, -0.2) is 0 Å². The maximum absolute atomic E-state index is 12.8. The molecule has 8 heteroatoms. The van der Waals surface area contributed by atoms with Crippen LogP contribution in [-0.2, 0) is 0 Å². The zero-order valence-corrected chi connectivity index (χ0v) is 17.1. The van der Waals surface area contributed by atoms with Crippen molar-refractivity contribution in [3.05, 3.63) is 48.0 Å². The van der Waals surface area contributed by atoms with Crippen LogP contribution >= 0.6 is 12.4 Å². The molecule has 2 saturated heterocycles. The summed E-state index contributed by atoms with van der Waals surface area (Å²) < 4.78 is 1.96. The minimum Gasteiger partial charge on any atom is -0.335 e. The molecular weight excluding hydrogens is 376 g/mol. The molecule has 0 radical (unpaired) electrons. The summed E-state index contributed by atoms with van der Waals surface area (Å²) in [6.45, 7) is 7.42. The first-order chi connectivity index (χ1) is 13.2. The van der Waals surface area contributed by atoms with E-state index in [9.17, 15) is 4.79 Å². The van der Waals surface area contributed by atoms with Gasteiger partial charge < -0.3 is 10.2 Å². The van der Waals surface area contributed by atoms with E-state index in [1.165, 1.54) is 5.56 Å². The van der Waals surface area contributed by atoms with E-state index >= 15 is 0 Å². The molecule has 1 amide bonds. The summed E-state index contributed by atoms with van der Waals surface area (Å²) in [6, 6.07) is 6.62. The van der Waals surface area contributed by atoms with Crippen molar-refractivity contribution in [3.8, 4) is 0 Å². The Morgan fingerprint density at radius 1 is 1.25 bits per heavy atom. The summed E-state index contributed by atoms with van der Waals surface area (Å²) >= 11 is 0. The van der Waals surface area contributed by atoms with Crippen molar-refractivity contribution in [2.45, 2.75) is 31.8 Å². The normalized spacial score (nSPS) is 21.8. The molecule has 1 N–H and O–H groups in total. The van der Waals surface area contributed by atoms with Crippen molar-refractivity contribution >= 4 is 18.3 Å². The van der Waals surface area contributed by atoms with Gasteiger partial charge in [-0.05, 0) is 44.0 Å². The summed E-state index contributed by atoms with van der Waals surface area (Å²) in [6.07, 6.45) is 7.95. The molecule has 4 rings (SSSR count). The molecular formula is C20H29ClN6O. The molecule has 0 aliphatic carbocycles. The zero-order valence-electron chi connectivity index (χ0n) is 16.3. The van der Waals surface area contributed by atoms with Gasteiger partial charge in [-0.15, -0.1) is 12.4 Å².